The summed E-state index contributed by atoms with van der Waals surface area (Å²) >= 11 is 1.35. The highest BCUT2D eigenvalue weighted by Gasteiger charge is 2.76. The van der Waals surface area contributed by atoms with E-state index in [-0.39, 0.29) is 24.2 Å². The number of thioether (sulfide) groups is 1. The molecule has 0 aromatic rings. The number of carboxylic acid groups (broad SMARTS) is 1. The van der Waals surface area contributed by atoms with Crippen LogP contribution in [0, 0.1) is 17.8 Å². The number of nitrogens with zero attached hydrogens (tertiary/aromatic N) is 2. The number of hydrogen-bond acceptors (Lipinski definition) is 8. The van der Waals surface area contributed by atoms with Crippen molar-refractivity contribution in [3.8, 4) is 0 Å². The van der Waals surface area contributed by atoms with Crippen LogP contribution in [-0.4, -0.2) is 64.1 Å². The van der Waals surface area contributed by atoms with Crippen LogP contribution in [-0.2, 0) is 19.1 Å². The summed E-state index contributed by atoms with van der Waals surface area (Å²) in [5.41, 5.74) is -2.36. The van der Waals surface area contributed by atoms with Gasteiger partial charge in [-0.15, -0.1) is 0 Å². The van der Waals surface area contributed by atoms with Crippen LogP contribution in [0.5, 0.6) is 0 Å². The summed E-state index contributed by atoms with van der Waals surface area (Å²) in [5.74, 6) is -2.98. The zero-order valence-electron chi connectivity index (χ0n) is 16.3. The van der Waals surface area contributed by atoms with E-state index in [1.807, 2.05) is 0 Å². The van der Waals surface area contributed by atoms with Crippen molar-refractivity contribution in [2.24, 2.45) is 27.7 Å². The smallest absolute Gasteiger partial charge is 0.408 e. The Bertz CT molecular complexity index is 746. The lowest BCUT2D eigenvalue weighted by Gasteiger charge is -2.31. The van der Waals surface area contributed by atoms with Crippen LogP contribution in [0.15, 0.2) is 9.98 Å². The maximum absolute atomic E-state index is 12.4. The largest absolute Gasteiger partial charge is 0.479 e. The van der Waals surface area contributed by atoms with Crippen LogP contribution in [0.3, 0.4) is 0 Å². The van der Waals surface area contributed by atoms with Crippen molar-refractivity contribution >= 4 is 41.2 Å². The third kappa shape index (κ3) is 3.87. The Morgan fingerprint density at radius 1 is 1.39 bits per heavy atom. The van der Waals surface area contributed by atoms with E-state index in [0.29, 0.717) is 11.7 Å². The van der Waals surface area contributed by atoms with Gasteiger partial charge in [-0.2, -0.15) is 0 Å². The number of nitrogens with one attached hydrogen (secondary N) is 1. The molecule has 2 fully saturated rings. The van der Waals surface area contributed by atoms with Crippen LogP contribution in [0.1, 0.15) is 34.1 Å². The third-order valence-corrected chi connectivity index (χ3v) is 6.26. The van der Waals surface area contributed by atoms with E-state index in [4.69, 9.17) is 9.47 Å². The van der Waals surface area contributed by atoms with Gasteiger partial charge >= 0.3 is 18.0 Å². The van der Waals surface area contributed by atoms with Gasteiger partial charge in [-0.25, -0.2) is 14.6 Å². The lowest BCUT2D eigenvalue weighted by Crippen LogP contribution is -2.57. The van der Waals surface area contributed by atoms with Gasteiger partial charge in [0.15, 0.2) is 5.17 Å². The molecule has 1 amide bonds. The number of hydrogen-bond donors (Lipinski definition) is 2. The van der Waals surface area contributed by atoms with Crippen molar-refractivity contribution in [2.45, 2.75) is 50.5 Å². The first kappa shape index (κ1) is 20.6. The zero-order valence-corrected chi connectivity index (χ0v) is 17.1. The van der Waals surface area contributed by atoms with Crippen LogP contribution < -0.4 is 5.32 Å². The quantitative estimate of drug-likeness (QED) is 0.659. The van der Waals surface area contributed by atoms with Gasteiger partial charge in [0, 0.05) is 17.4 Å². The van der Waals surface area contributed by atoms with Crippen LogP contribution >= 0.6 is 11.8 Å². The normalized spacial score (nSPS) is 33.1. The number of alkyl carbamates (subject to hydrolysis) is 1. The molecule has 2 N–H and O–H groups in total. The average molecular weight is 411 g/mol. The van der Waals surface area contributed by atoms with Crippen molar-refractivity contribution in [1.29, 1.82) is 0 Å². The van der Waals surface area contributed by atoms with E-state index < -0.39 is 41.0 Å². The number of ether oxygens (including phenoxy) is 2. The first-order valence-electron chi connectivity index (χ1n) is 9.24. The summed E-state index contributed by atoms with van der Waals surface area (Å²) < 4.78 is 10.4. The summed E-state index contributed by atoms with van der Waals surface area (Å²) in [6.07, 6.45) is 1.02. The maximum Gasteiger partial charge on any atom is 0.408 e. The van der Waals surface area contributed by atoms with Gasteiger partial charge in [0.05, 0.1) is 19.1 Å². The molecule has 154 valence electrons. The number of rotatable bonds is 5. The number of amides is 1. The van der Waals surface area contributed by atoms with Crippen molar-refractivity contribution in [2.75, 3.05) is 13.2 Å². The van der Waals surface area contributed by atoms with E-state index in [2.05, 4.69) is 15.3 Å². The Morgan fingerprint density at radius 2 is 2.11 bits per heavy atom. The number of aliphatic carboxylic acids is 1. The van der Waals surface area contributed by atoms with Crippen LogP contribution in [0.4, 0.5) is 4.79 Å². The highest BCUT2D eigenvalue weighted by Crippen LogP contribution is 2.65. The number of esters is 1. The molecule has 3 rings (SSSR count). The van der Waals surface area contributed by atoms with Crippen molar-refractivity contribution in [1.82, 2.24) is 5.32 Å². The molecule has 10 heteroatoms. The van der Waals surface area contributed by atoms with Gasteiger partial charge in [0.25, 0.3) is 0 Å². The van der Waals surface area contributed by atoms with Gasteiger partial charge in [0.2, 0.25) is 0 Å². The molecule has 0 aromatic heterocycles. The molecule has 9 nitrogen and oxygen atoms in total. The minimum atomic E-state index is -1.59. The minimum Gasteiger partial charge on any atom is -0.479 e. The maximum atomic E-state index is 12.4. The van der Waals surface area contributed by atoms with E-state index >= 15 is 0 Å². The summed E-state index contributed by atoms with van der Waals surface area (Å²) in [4.78, 5) is 45.5. The Hall–Kier alpha value is -2.10. The first-order chi connectivity index (χ1) is 13.1. The summed E-state index contributed by atoms with van der Waals surface area (Å²) in [6.45, 7) is 7.50. The van der Waals surface area contributed by atoms with Gasteiger partial charge in [-0.3, -0.25) is 9.79 Å². The number of fused-ring (bicyclic) bond motifs is 1. The molecule has 5 atom stereocenters. The van der Waals surface area contributed by atoms with Crippen molar-refractivity contribution < 1.29 is 29.0 Å². The highest BCUT2D eigenvalue weighted by atomic mass is 32.2. The topological polar surface area (TPSA) is 127 Å². The second-order valence-corrected chi connectivity index (χ2v) is 9.29. The van der Waals surface area contributed by atoms with Crippen LogP contribution in [0.25, 0.3) is 0 Å². The molecular formula is C18H25N3O6S. The molecular weight excluding hydrogens is 386 g/mol. The molecule has 2 aliphatic carbocycles. The number of aliphatic imine (C=N–C) groups is 2. The Morgan fingerprint density at radius 3 is 2.64 bits per heavy atom. The first-order valence-corrected chi connectivity index (χ1v) is 10.1. The minimum absolute atomic E-state index is 0.159. The average Bonchev–Trinajstić information content (AvgIpc) is 2.95. The molecule has 1 heterocycles. The Kier molecular flexibility index (Phi) is 5.44. The molecule has 0 bridgehead atoms. The lowest BCUT2D eigenvalue weighted by atomic mass is 9.90. The van der Waals surface area contributed by atoms with Gasteiger partial charge in [0.1, 0.15) is 11.1 Å². The highest BCUT2D eigenvalue weighted by molar-refractivity contribution is 8.14. The van der Waals surface area contributed by atoms with Crippen molar-refractivity contribution in [3.05, 3.63) is 0 Å². The summed E-state index contributed by atoms with van der Waals surface area (Å²) in [7, 11) is 0. The summed E-state index contributed by atoms with van der Waals surface area (Å²) in [5, 5.41) is 12.9. The van der Waals surface area contributed by atoms with E-state index in [9.17, 15) is 19.5 Å². The molecule has 0 saturated heterocycles. The molecule has 0 spiro atoms. The van der Waals surface area contributed by atoms with Gasteiger partial charge in [-0.1, -0.05) is 11.8 Å². The fraction of sp³-hybridized carbons (Fsp3) is 0.722. The summed E-state index contributed by atoms with van der Waals surface area (Å²) in [6, 6.07) is 0. The van der Waals surface area contributed by atoms with Crippen LogP contribution in [0.2, 0.25) is 0 Å². The molecule has 0 radical (unpaired) electrons. The van der Waals surface area contributed by atoms with Gasteiger partial charge < -0.3 is 19.9 Å². The van der Waals surface area contributed by atoms with Crippen molar-refractivity contribution in [3.63, 3.8) is 0 Å². The number of amidine groups is 1. The Labute approximate surface area is 167 Å². The molecule has 28 heavy (non-hydrogen) atoms. The molecule has 1 aliphatic heterocycles. The second kappa shape index (κ2) is 7.38. The van der Waals surface area contributed by atoms with E-state index in [1.54, 1.807) is 33.9 Å². The fourth-order valence-electron chi connectivity index (χ4n) is 4.07. The van der Waals surface area contributed by atoms with E-state index in [1.165, 1.54) is 11.8 Å². The lowest BCUT2D eigenvalue weighted by molar-refractivity contribution is -0.148. The number of carboxylic acids is 1. The van der Waals surface area contributed by atoms with Gasteiger partial charge in [-0.05, 0) is 40.0 Å². The van der Waals surface area contributed by atoms with E-state index in [0.717, 1.165) is 0 Å². The predicted octanol–water partition coefficient (Wildman–Crippen LogP) is 1.71. The zero-order chi connectivity index (χ0) is 20.7. The fourth-order valence-corrected chi connectivity index (χ4v) is 5.47. The predicted molar refractivity (Wildman–Crippen MR) is 104 cm³/mol. The molecule has 3 aliphatic rings. The SMILES string of the molecule is CCOC(=O)[C@H]1[C@H]2[C@@H]1[C@](NC(=O)OC(C)(C)C)(C(=O)O)C[C@@H]2SC1=NCC=N1. The monoisotopic (exact) mass is 411 g/mol. The second-order valence-electron chi connectivity index (χ2n) is 8.08. The Balaban J connectivity index is 1.85. The third-order valence-electron chi connectivity index (χ3n) is 5.03. The standard InChI is InChI=1S/C18H25N3O6S/c1-5-26-13(22)11-10-9(28-15-19-6-7-20-15)8-18(12(10)11,14(23)24)21-16(25)27-17(2,3)4/h6,9-12H,5,7-8H2,1-4H3,(H,21,25)(H,23,24)/t9-,10-,11-,12-,18-/m0/s1. The molecule has 0 unspecified atom stereocenters. The molecule has 0 aromatic carbocycles. The number of carbonyl (C=O) groups excluding carboxylic acids is 2. The molecule has 2 saturated carbocycles. The number of carbonyl (C=O) groups is 3.